The molecule has 0 bridgehead atoms. The van der Waals surface area contributed by atoms with Crippen molar-refractivity contribution in [2.24, 2.45) is 0 Å². The SMILES string of the molecule is O=C(/C=C/c1ccccc1C(F)(F)F)c1ccc(OCC(=O)N2CCOCC2)cc1. The Bertz CT molecular complexity index is 917. The van der Waals surface area contributed by atoms with Gasteiger partial charge in [0.25, 0.3) is 5.91 Å². The van der Waals surface area contributed by atoms with Gasteiger partial charge in [0.05, 0.1) is 18.8 Å². The number of ketones is 1. The second kappa shape index (κ2) is 9.58. The molecule has 0 radical (unpaired) electrons. The van der Waals surface area contributed by atoms with Crippen LogP contribution in [0.25, 0.3) is 6.08 Å². The zero-order valence-corrected chi connectivity index (χ0v) is 16.0. The van der Waals surface area contributed by atoms with Crippen molar-refractivity contribution in [3.8, 4) is 5.75 Å². The molecule has 1 aliphatic heterocycles. The first-order chi connectivity index (χ1) is 14.3. The van der Waals surface area contributed by atoms with Crippen molar-refractivity contribution in [2.45, 2.75) is 6.18 Å². The summed E-state index contributed by atoms with van der Waals surface area (Å²) in [5.41, 5.74) is -0.592. The van der Waals surface area contributed by atoms with Gasteiger partial charge in [-0.05, 0) is 42.0 Å². The molecule has 30 heavy (non-hydrogen) atoms. The second-order valence-corrected chi connectivity index (χ2v) is 6.59. The quantitative estimate of drug-likeness (QED) is 0.528. The minimum Gasteiger partial charge on any atom is -0.484 e. The van der Waals surface area contributed by atoms with Gasteiger partial charge in [-0.25, -0.2) is 0 Å². The number of benzene rings is 2. The summed E-state index contributed by atoms with van der Waals surface area (Å²) in [6, 6.07) is 11.1. The number of alkyl halides is 3. The molecule has 8 heteroatoms. The highest BCUT2D eigenvalue weighted by Gasteiger charge is 2.32. The Labute approximate surface area is 171 Å². The molecule has 0 saturated carbocycles. The number of hydrogen-bond donors (Lipinski definition) is 0. The number of rotatable bonds is 6. The van der Waals surface area contributed by atoms with Crippen molar-refractivity contribution in [1.29, 1.82) is 0 Å². The van der Waals surface area contributed by atoms with E-state index in [4.69, 9.17) is 9.47 Å². The molecule has 1 fully saturated rings. The Morgan fingerprint density at radius 3 is 2.37 bits per heavy atom. The number of nitrogens with zero attached hydrogens (tertiary/aromatic N) is 1. The zero-order valence-electron chi connectivity index (χ0n) is 16.0. The van der Waals surface area contributed by atoms with E-state index in [-0.39, 0.29) is 18.1 Å². The fourth-order valence-corrected chi connectivity index (χ4v) is 2.93. The molecule has 0 unspecified atom stereocenters. The molecular formula is C22H20F3NO4. The summed E-state index contributed by atoms with van der Waals surface area (Å²) in [6.45, 7) is 1.94. The first kappa shape index (κ1) is 21.6. The number of amides is 1. The highest BCUT2D eigenvalue weighted by molar-refractivity contribution is 6.06. The summed E-state index contributed by atoms with van der Waals surface area (Å²) in [4.78, 5) is 26.0. The number of hydrogen-bond acceptors (Lipinski definition) is 4. The fraction of sp³-hybridized carbons (Fsp3) is 0.273. The first-order valence-electron chi connectivity index (χ1n) is 9.31. The molecular weight excluding hydrogens is 399 g/mol. The lowest BCUT2D eigenvalue weighted by Gasteiger charge is -2.26. The Hall–Kier alpha value is -3.13. The number of carbonyl (C=O) groups is 2. The lowest BCUT2D eigenvalue weighted by molar-refractivity contribution is -0.138. The maximum Gasteiger partial charge on any atom is 0.416 e. The van der Waals surface area contributed by atoms with E-state index in [0.29, 0.717) is 37.6 Å². The topological polar surface area (TPSA) is 55.8 Å². The van der Waals surface area contributed by atoms with Crippen LogP contribution >= 0.6 is 0 Å². The van der Waals surface area contributed by atoms with Crippen LogP contribution in [0, 0.1) is 0 Å². The molecule has 158 valence electrons. The van der Waals surface area contributed by atoms with Gasteiger partial charge in [-0.15, -0.1) is 0 Å². The van der Waals surface area contributed by atoms with E-state index in [1.54, 1.807) is 4.90 Å². The molecule has 0 atom stereocenters. The van der Waals surface area contributed by atoms with Crippen molar-refractivity contribution >= 4 is 17.8 Å². The summed E-state index contributed by atoms with van der Waals surface area (Å²) in [5.74, 6) is -0.174. The van der Waals surface area contributed by atoms with Crippen molar-refractivity contribution in [3.63, 3.8) is 0 Å². The predicted molar refractivity (Wildman–Crippen MR) is 104 cm³/mol. The first-order valence-corrected chi connectivity index (χ1v) is 9.31. The summed E-state index contributed by atoms with van der Waals surface area (Å²) in [6.07, 6.45) is -2.25. The van der Waals surface area contributed by atoms with Crippen LogP contribution in [0.2, 0.25) is 0 Å². The van der Waals surface area contributed by atoms with Crippen LogP contribution < -0.4 is 4.74 Å². The Morgan fingerprint density at radius 1 is 1.03 bits per heavy atom. The number of allylic oxidation sites excluding steroid dienone is 1. The smallest absolute Gasteiger partial charge is 0.416 e. The van der Waals surface area contributed by atoms with Crippen LogP contribution in [-0.4, -0.2) is 49.5 Å². The Morgan fingerprint density at radius 2 is 1.70 bits per heavy atom. The average molecular weight is 419 g/mol. The third-order valence-corrected chi connectivity index (χ3v) is 4.55. The van der Waals surface area contributed by atoms with Gasteiger partial charge in [0.2, 0.25) is 0 Å². The Kier molecular flexibility index (Phi) is 6.89. The standard InChI is InChI=1S/C22H20F3NO4/c23-22(24,25)19-4-2-1-3-16(19)7-10-20(27)17-5-8-18(9-6-17)30-15-21(28)26-11-13-29-14-12-26/h1-10H,11-15H2/b10-7+. The van der Waals surface area contributed by atoms with Crippen LogP contribution in [0.5, 0.6) is 5.75 Å². The molecule has 2 aromatic carbocycles. The van der Waals surface area contributed by atoms with Gasteiger partial charge in [-0.3, -0.25) is 9.59 Å². The maximum absolute atomic E-state index is 13.0. The molecule has 1 saturated heterocycles. The van der Waals surface area contributed by atoms with E-state index in [1.165, 1.54) is 42.5 Å². The van der Waals surface area contributed by atoms with Gasteiger partial charge in [-0.1, -0.05) is 24.3 Å². The molecule has 5 nitrogen and oxygen atoms in total. The van der Waals surface area contributed by atoms with Crippen LogP contribution in [0.15, 0.2) is 54.6 Å². The minimum atomic E-state index is -4.50. The summed E-state index contributed by atoms with van der Waals surface area (Å²) in [5, 5.41) is 0. The highest BCUT2D eigenvalue weighted by Crippen LogP contribution is 2.32. The van der Waals surface area contributed by atoms with Crippen LogP contribution in [0.4, 0.5) is 13.2 Å². The van der Waals surface area contributed by atoms with E-state index < -0.39 is 17.5 Å². The van der Waals surface area contributed by atoms with Gasteiger partial charge in [-0.2, -0.15) is 13.2 Å². The van der Waals surface area contributed by atoms with Crippen LogP contribution in [-0.2, 0) is 15.7 Å². The monoisotopic (exact) mass is 419 g/mol. The number of halogens is 3. The number of morpholine rings is 1. The molecule has 0 aliphatic carbocycles. The highest BCUT2D eigenvalue weighted by atomic mass is 19.4. The van der Waals surface area contributed by atoms with Gasteiger partial charge in [0.1, 0.15) is 5.75 Å². The van der Waals surface area contributed by atoms with E-state index in [1.807, 2.05) is 0 Å². The third kappa shape index (κ3) is 5.70. The lowest BCUT2D eigenvalue weighted by atomic mass is 10.0. The fourth-order valence-electron chi connectivity index (χ4n) is 2.93. The number of carbonyl (C=O) groups excluding carboxylic acids is 2. The van der Waals surface area contributed by atoms with Crippen LogP contribution in [0.1, 0.15) is 21.5 Å². The van der Waals surface area contributed by atoms with Crippen molar-refractivity contribution in [2.75, 3.05) is 32.9 Å². The van der Waals surface area contributed by atoms with Gasteiger partial charge >= 0.3 is 6.18 Å². The second-order valence-electron chi connectivity index (χ2n) is 6.59. The van der Waals surface area contributed by atoms with Crippen LogP contribution in [0.3, 0.4) is 0 Å². The largest absolute Gasteiger partial charge is 0.484 e. The van der Waals surface area contributed by atoms with Crippen molar-refractivity contribution in [3.05, 3.63) is 71.3 Å². The average Bonchev–Trinajstić information content (AvgIpc) is 2.76. The van der Waals surface area contributed by atoms with Gasteiger partial charge in [0.15, 0.2) is 12.4 Å². The molecule has 0 aromatic heterocycles. The Balaban J connectivity index is 1.59. The van der Waals surface area contributed by atoms with Crippen molar-refractivity contribution in [1.82, 2.24) is 4.90 Å². The van der Waals surface area contributed by atoms with Crippen molar-refractivity contribution < 1.29 is 32.2 Å². The molecule has 0 N–H and O–H groups in total. The molecule has 1 aliphatic rings. The van der Waals surface area contributed by atoms with Gasteiger partial charge in [0, 0.05) is 18.7 Å². The molecule has 2 aromatic rings. The van der Waals surface area contributed by atoms with Gasteiger partial charge < -0.3 is 14.4 Å². The van der Waals surface area contributed by atoms with E-state index in [2.05, 4.69) is 0 Å². The summed E-state index contributed by atoms with van der Waals surface area (Å²) >= 11 is 0. The third-order valence-electron chi connectivity index (χ3n) is 4.55. The molecule has 3 rings (SSSR count). The van der Waals surface area contributed by atoms with E-state index >= 15 is 0 Å². The van der Waals surface area contributed by atoms with E-state index in [0.717, 1.165) is 18.2 Å². The molecule has 0 spiro atoms. The predicted octanol–water partition coefficient (Wildman–Crippen LogP) is 3.84. The molecule has 1 amide bonds. The number of ether oxygens (including phenoxy) is 2. The normalized spacial score (nSPS) is 14.7. The minimum absolute atomic E-state index is 0.0834. The zero-order chi connectivity index (χ0) is 21.6. The summed E-state index contributed by atoms with van der Waals surface area (Å²) in [7, 11) is 0. The van der Waals surface area contributed by atoms with E-state index in [9.17, 15) is 22.8 Å². The lowest BCUT2D eigenvalue weighted by Crippen LogP contribution is -2.42. The maximum atomic E-state index is 13.0. The summed E-state index contributed by atoms with van der Waals surface area (Å²) < 4.78 is 49.7. The molecule has 1 heterocycles.